The molecule has 4 heteroatoms. The van der Waals surface area contributed by atoms with Gasteiger partial charge in [-0.3, -0.25) is 9.88 Å². The number of rotatable bonds is 6. The first-order valence-electron chi connectivity index (χ1n) is 10.7. The summed E-state index contributed by atoms with van der Waals surface area (Å²) in [6.07, 6.45) is 5.19. The third-order valence-corrected chi connectivity index (χ3v) is 6.22. The van der Waals surface area contributed by atoms with Crippen LogP contribution in [-0.4, -0.2) is 30.1 Å². The Hall–Kier alpha value is -2.36. The summed E-state index contributed by atoms with van der Waals surface area (Å²) >= 11 is 6.10. The topological polar surface area (TPSA) is 25.4 Å². The lowest BCUT2D eigenvalue weighted by Crippen LogP contribution is -2.32. The number of aromatic nitrogens is 1. The highest BCUT2D eigenvalue weighted by Crippen LogP contribution is 2.29. The van der Waals surface area contributed by atoms with Crippen LogP contribution in [0.4, 0.5) is 0 Å². The minimum absolute atomic E-state index is 0.543. The van der Waals surface area contributed by atoms with E-state index in [4.69, 9.17) is 21.3 Å². The first-order chi connectivity index (χ1) is 14.6. The number of methoxy groups -OCH3 is 1. The molecule has 2 aromatic carbocycles. The quantitative estimate of drug-likeness (QED) is 0.487. The van der Waals surface area contributed by atoms with Gasteiger partial charge in [0.25, 0.3) is 0 Å². The van der Waals surface area contributed by atoms with Crippen molar-refractivity contribution in [2.75, 3.05) is 20.2 Å². The molecular formula is C26H29ClN2O. The molecule has 30 heavy (non-hydrogen) atoms. The Labute approximate surface area is 184 Å². The smallest absolute Gasteiger partial charge is 0.123 e. The summed E-state index contributed by atoms with van der Waals surface area (Å²) in [5.41, 5.74) is 6.17. The average Bonchev–Trinajstić information content (AvgIpc) is 2.76. The Morgan fingerprint density at radius 1 is 1.03 bits per heavy atom. The largest absolute Gasteiger partial charge is 0.496 e. The second kappa shape index (κ2) is 9.63. The average molecular weight is 421 g/mol. The predicted molar refractivity (Wildman–Crippen MR) is 123 cm³/mol. The maximum Gasteiger partial charge on any atom is 0.123 e. The van der Waals surface area contributed by atoms with Crippen molar-refractivity contribution in [3.8, 4) is 5.75 Å². The summed E-state index contributed by atoms with van der Waals surface area (Å²) in [5, 5.41) is 0.784. The Balaban J connectivity index is 1.33. The van der Waals surface area contributed by atoms with Gasteiger partial charge in [0.05, 0.1) is 7.11 Å². The molecule has 4 rings (SSSR count). The number of nitrogens with zero attached hydrogens (tertiary/aromatic N) is 2. The first-order valence-corrected chi connectivity index (χ1v) is 11.0. The number of likely N-dealkylation sites (tertiary alicyclic amines) is 1. The Morgan fingerprint density at radius 2 is 1.87 bits per heavy atom. The van der Waals surface area contributed by atoms with Gasteiger partial charge in [-0.25, -0.2) is 0 Å². The maximum atomic E-state index is 6.10. The van der Waals surface area contributed by atoms with Gasteiger partial charge in [-0.2, -0.15) is 0 Å². The zero-order chi connectivity index (χ0) is 20.9. The van der Waals surface area contributed by atoms with Gasteiger partial charge in [-0.1, -0.05) is 41.9 Å². The normalized spacial score (nSPS) is 15.3. The fraction of sp³-hybridized carbons (Fsp3) is 0.346. The molecule has 1 fully saturated rings. The van der Waals surface area contributed by atoms with Crippen molar-refractivity contribution in [2.24, 2.45) is 0 Å². The molecular weight excluding hydrogens is 392 g/mol. The predicted octanol–water partition coefficient (Wildman–Crippen LogP) is 6.02. The van der Waals surface area contributed by atoms with Crippen LogP contribution in [0.15, 0.2) is 60.8 Å². The Kier molecular flexibility index (Phi) is 6.71. The van der Waals surface area contributed by atoms with Crippen LogP contribution in [0.5, 0.6) is 5.75 Å². The Morgan fingerprint density at radius 3 is 2.57 bits per heavy atom. The summed E-state index contributed by atoms with van der Waals surface area (Å²) in [6.45, 7) is 5.23. The molecule has 0 unspecified atom stereocenters. The van der Waals surface area contributed by atoms with E-state index < -0.39 is 0 Å². The van der Waals surface area contributed by atoms with E-state index in [-0.39, 0.29) is 0 Å². The summed E-state index contributed by atoms with van der Waals surface area (Å²) in [4.78, 5) is 7.32. The van der Waals surface area contributed by atoms with Gasteiger partial charge < -0.3 is 4.74 Å². The molecule has 0 atom stereocenters. The lowest BCUT2D eigenvalue weighted by atomic mass is 9.92. The van der Waals surface area contributed by atoms with E-state index in [0.717, 1.165) is 49.7 Å². The van der Waals surface area contributed by atoms with Crippen LogP contribution in [0.3, 0.4) is 0 Å². The number of aryl methyl sites for hydroxylation is 1. The van der Waals surface area contributed by atoms with E-state index in [9.17, 15) is 0 Å². The van der Waals surface area contributed by atoms with Gasteiger partial charge >= 0.3 is 0 Å². The molecule has 0 bridgehead atoms. The minimum atomic E-state index is 0.543. The van der Waals surface area contributed by atoms with E-state index in [1.807, 2.05) is 24.4 Å². The highest BCUT2D eigenvalue weighted by atomic mass is 35.5. The third kappa shape index (κ3) is 5.21. The van der Waals surface area contributed by atoms with E-state index in [2.05, 4.69) is 48.2 Å². The third-order valence-electron chi connectivity index (χ3n) is 5.99. The number of piperidine rings is 1. The number of ether oxygens (including phenoxy) is 1. The monoisotopic (exact) mass is 420 g/mol. The van der Waals surface area contributed by atoms with Crippen LogP contribution < -0.4 is 4.74 Å². The molecule has 0 N–H and O–H groups in total. The van der Waals surface area contributed by atoms with E-state index in [1.165, 1.54) is 27.9 Å². The molecule has 3 nitrogen and oxygen atoms in total. The summed E-state index contributed by atoms with van der Waals surface area (Å²) in [5.74, 6) is 1.54. The molecule has 1 aliphatic heterocycles. The molecule has 156 valence electrons. The zero-order valence-electron chi connectivity index (χ0n) is 17.8. The fourth-order valence-electron chi connectivity index (χ4n) is 4.27. The minimum Gasteiger partial charge on any atom is -0.496 e. The molecule has 1 saturated heterocycles. The SMILES string of the molecule is COc1cc(C)ccc1CN1CCC(c2ccc(Cc3cccc(Cl)c3)cn2)CC1. The lowest BCUT2D eigenvalue weighted by Gasteiger charge is -2.32. The van der Waals surface area contributed by atoms with Gasteiger partial charge in [-0.05, 0) is 80.2 Å². The number of pyridine rings is 1. The van der Waals surface area contributed by atoms with Crippen LogP contribution in [0.1, 0.15) is 46.7 Å². The van der Waals surface area contributed by atoms with Crippen molar-refractivity contribution < 1.29 is 4.74 Å². The van der Waals surface area contributed by atoms with Crippen molar-refractivity contribution in [1.82, 2.24) is 9.88 Å². The molecule has 3 aromatic rings. The van der Waals surface area contributed by atoms with Gasteiger partial charge in [-0.15, -0.1) is 0 Å². The number of hydrogen-bond acceptors (Lipinski definition) is 3. The number of hydrogen-bond donors (Lipinski definition) is 0. The second-order valence-electron chi connectivity index (χ2n) is 8.26. The molecule has 1 aromatic heterocycles. The molecule has 0 aliphatic carbocycles. The van der Waals surface area contributed by atoms with Crippen LogP contribution >= 0.6 is 11.6 Å². The summed E-state index contributed by atoms with van der Waals surface area (Å²) < 4.78 is 5.57. The molecule has 0 spiro atoms. The van der Waals surface area contributed by atoms with Crippen molar-refractivity contribution in [1.29, 1.82) is 0 Å². The van der Waals surface area contributed by atoms with Crippen molar-refractivity contribution >= 4 is 11.6 Å². The number of benzene rings is 2. The summed E-state index contributed by atoms with van der Waals surface area (Å²) in [7, 11) is 1.76. The standard InChI is InChI=1S/C26H29ClN2O/c1-19-6-8-23(26(14-19)30-2)18-29-12-10-22(11-13-29)25-9-7-21(17-28-25)15-20-4-3-5-24(27)16-20/h3-9,14,16-17,22H,10-13,15,18H2,1-2H3. The molecule has 1 aliphatic rings. The van der Waals surface area contributed by atoms with Crippen LogP contribution in [-0.2, 0) is 13.0 Å². The van der Waals surface area contributed by atoms with Crippen molar-refractivity contribution in [3.05, 3.63) is 93.8 Å². The Bertz CT molecular complexity index is 979. The second-order valence-corrected chi connectivity index (χ2v) is 8.70. The molecule has 0 saturated carbocycles. The van der Waals surface area contributed by atoms with Crippen LogP contribution in [0, 0.1) is 6.92 Å². The molecule has 0 amide bonds. The highest BCUT2D eigenvalue weighted by Gasteiger charge is 2.22. The van der Waals surface area contributed by atoms with Crippen LogP contribution in [0.2, 0.25) is 5.02 Å². The van der Waals surface area contributed by atoms with E-state index in [1.54, 1.807) is 7.11 Å². The molecule has 2 heterocycles. The van der Waals surface area contributed by atoms with Crippen molar-refractivity contribution in [2.45, 2.75) is 38.6 Å². The van der Waals surface area contributed by atoms with Gasteiger partial charge in [0.1, 0.15) is 5.75 Å². The summed E-state index contributed by atoms with van der Waals surface area (Å²) in [6, 6.07) is 19.0. The van der Waals surface area contributed by atoms with Gasteiger partial charge in [0, 0.05) is 34.9 Å². The van der Waals surface area contributed by atoms with Crippen LogP contribution in [0.25, 0.3) is 0 Å². The van der Waals surface area contributed by atoms with E-state index in [0.29, 0.717) is 5.92 Å². The van der Waals surface area contributed by atoms with Crippen molar-refractivity contribution in [3.63, 3.8) is 0 Å². The van der Waals surface area contributed by atoms with Gasteiger partial charge in [0.15, 0.2) is 0 Å². The number of halogens is 1. The molecule has 0 radical (unpaired) electrons. The first kappa shape index (κ1) is 20.9. The fourth-order valence-corrected chi connectivity index (χ4v) is 4.49. The maximum absolute atomic E-state index is 6.10. The highest BCUT2D eigenvalue weighted by molar-refractivity contribution is 6.30. The van der Waals surface area contributed by atoms with Gasteiger partial charge in [0.2, 0.25) is 0 Å². The lowest BCUT2D eigenvalue weighted by molar-refractivity contribution is 0.201. The van der Waals surface area contributed by atoms with E-state index >= 15 is 0 Å². The zero-order valence-corrected chi connectivity index (χ0v) is 18.5.